The van der Waals surface area contributed by atoms with Crippen molar-refractivity contribution in [2.24, 2.45) is 0 Å². The Balaban J connectivity index is 2.40. The van der Waals surface area contributed by atoms with Gasteiger partial charge in [0.1, 0.15) is 6.54 Å². The smallest absolute Gasteiger partial charge is 0.376 e. The highest BCUT2D eigenvalue weighted by Crippen LogP contribution is 2.14. The van der Waals surface area contributed by atoms with Gasteiger partial charge in [0.2, 0.25) is 5.91 Å². The van der Waals surface area contributed by atoms with Gasteiger partial charge in [0.15, 0.2) is 0 Å². The van der Waals surface area contributed by atoms with Gasteiger partial charge < -0.3 is 10.6 Å². The largest absolute Gasteiger partial charge is 0.405 e. The third-order valence-electron chi connectivity index (χ3n) is 2.45. The molecule has 0 saturated carbocycles. The van der Waals surface area contributed by atoms with E-state index in [9.17, 15) is 18.0 Å². The summed E-state index contributed by atoms with van der Waals surface area (Å²) in [6.45, 7) is 2.39. The van der Waals surface area contributed by atoms with Gasteiger partial charge in [0.25, 0.3) is 0 Å². The van der Waals surface area contributed by atoms with Crippen molar-refractivity contribution < 1.29 is 18.0 Å². The molecule has 0 bridgehead atoms. The minimum Gasteiger partial charge on any atom is -0.376 e. The molecule has 1 aromatic rings. The molecule has 0 aromatic heterocycles. The first kappa shape index (κ1) is 14.3. The van der Waals surface area contributed by atoms with Crippen LogP contribution in [0, 0.1) is 13.8 Å². The third kappa shape index (κ3) is 5.07. The quantitative estimate of drug-likeness (QED) is 0.872. The van der Waals surface area contributed by atoms with Gasteiger partial charge in [-0.25, -0.2) is 0 Å². The number of benzene rings is 1. The summed E-state index contributed by atoms with van der Waals surface area (Å²) in [4.78, 5) is 11.1. The number of halogens is 3. The molecule has 0 heterocycles. The number of carbonyl (C=O) groups excluding carboxylic acids is 1. The molecular formula is C12H15F3N2O. The molecule has 0 atom stereocenters. The van der Waals surface area contributed by atoms with E-state index in [4.69, 9.17) is 0 Å². The van der Waals surface area contributed by atoms with E-state index in [1.807, 2.05) is 26.0 Å². The van der Waals surface area contributed by atoms with Gasteiger partial charge in [-0.1, -0.05) is 6.07 Å². The maximum Gasteiger partial charge on any atom is 0.405 e. The predicted molar refractivity (Wildman–Crippen MR) is 63.5 cm³/mol. The van der Waals surface area contributed by atoms with Crippen LogP contribution >= 0.6 is 0 Å². The standard InChI is InChI=1S/C12H15F3N2O/c1-8-3-4-10(5-9(8)2)16-6-11(18)17-7-12(13,14)15/h3-5,16H,6-7H2,1-2H3,(H,17,18). The Hall–Kier alpha value is -1.72. The summed E-state index contributed by atoms with van der Waals surface area (Å²) < 4.78 is 35.5. The van der Waals surface area contributed by atoms with Crippen LogP contribution in [0.2, 0.25) is 0 Å². The number of rotatable bonds is 4. The molecule has 2 N–H and O–H groups in total. The molecule has 6 heteroatoms. The molecule has 0 aliphatic carbocycles. The van der Waals surface area contributed by atoms with Crippen LogP contribution in [-0.2, 0) is 4.79 Å². The van der Waals surface area contributed by atoms with Crippen molar-refractivity contribution in [3.8, 4) is 0 Å². The minimum absolute atomic E-state index is 0.182. The first-order valence-corrected chi connectivity index (χ1v) is 5.42. The van der Waals surface area contributed by atoms with Gasteiger partial charge >= 0.3 is 6.18 Å². The summed E-state index contributed by atoms with van der Waals surface area (Å²) in [5.41, 5.74) is 2.87. The number of hydrogen-bond acceptors (Lipinski definition) is 2. The molecule has 0 unspecified atom stereocenters. The Morgan fingerprint density at radius 2 is 1.89 bits per heavy atom. The van der Waals surface area contributed by atoms with Crippen molar-refractivity contribution in [2.75, 3.05) is 18.4 Å². The van der Waals surface area contributed by atoms with Crippen LogP contribution in [0.5, 0.6) is 0 Å². The molecule has 100 valence electrons. The molecule has 0 fully saturated rings. The second kappa shape index (κ2) is 5.75. The van der Waals surface area contributed by atoms with E-state index in [0.29, 0.717) is 5.69 Å². The lowest BCUT2D eigenvalue weighted by Crippen LogP contribution is -2.37. The molecule has 1 amide bonds. The molecule has 1 rings (SSSR count). The van der Waals surface area contributed by atoms with Crippen molar-refractivity contribution in [3.05, 3.63) is 29.3 Å². The van der Waals surface area contributed by atoms with Crippen molar-refractivity contribution in [1.82, 2.24) is 5.32 Å². The van der Waals surface area contributed by atoms with E-state index in [-0.39, 0.29) is 6.54 Å². The lowest BCUT2D eigenvalue weighted by atomic mass is 10.1. The second-order valence-corrected chi connectivity index (χ2v) is 4.04. The molecule has 1 aromatic carbocycles. The number of amides is 1. The van der Waals surface area contributed by atoms with Gasteiger partial charge in [-0.15, -0.1) is 0 Å². The fourth-order valence-electron chi connectivity index (χ4n) is 1.30. The highest BCUT2D eigenvalue weighted by Gasteiger charge is 2.27. The SMILES string of the molecule is Cc1ccc(NCC(=O)NCC(F)(F)F)cc1C. The Morgan fingerprint density at radius 1 is 1.22 bits per heavy atom. The summed E-state index contributed by atoms with van der Waals surface area (Å²) in [6.07, 6.45) is -4.38. The summed E-state index contributed by atoms with van der Waals surface area (Å²) in [5, 5.41) is 4.56. The molecular weight excluding hydrogens is 245 g/mol. The van der Waals surface area contributed by atoms with Crippen LogP contribution in [0.3, 0.4) is 0 Å². The van der Waals surface area contributed by atoms with Crippen LogP contribution in [0.15, 0.2) is 18.2 Å². The van der Waals surface area contributed by atoms with Gasteiger partial charge in [-0.05, 0) is 37.1 Å². The van der Waals surface area contributed by atoms with Crippen LogP contribution in [0.25, 0.3) is 0 Å². The van der Waals surface area contributed by atoms with Gasteiger partial charge in [-0.2, -0.15) is 13.2 Å². The lowest BCUT2D eigenvalue weighted by Gasteiger charge is -2.10. The molecule has 18 heavy (non-hydrogen) atoms. The minimum atomic E-state index is -4.38. The average Bonchev–Trinajstić information content (AvgIpc) is 2.27. The monoisotopic (exact) mass is 260 g/mol. The Morgan fingerprint density at radius 3 is 2.44 bits per heavy atom. The number of hydrogen-bond donors (Lipinski definition) is 2. The van der Waals surface area contributed by atoms with Crippen molar-refractivity contribution >= 4 is 11.6 Å². The van der Waals surface area contributed by atoms with Crippen LogP contribution in [0.1, 0.15) is 11.1 Å². The number of nitrogens with one attached hydrogen (secondary N) is 2. The van der Waals surface area contributed by atoms with Gasteiger partial charge in [-0.3, -0.25) is 4.79 Å². The van der Waals surface area contributed by atoms with Crippen LogP contribution in [0.4, 0.5) is 18.9 Å². The Kier molecular flexibility index (Phi) is 4.58. The van der Waals surface area contributed by atoms with Crippen molar-refractivity contribution in [2.45, 2.75) is 20.0 Å². The summed E-state index contributed by atoms with van der Waals surface area (Å²) in [6, 6.07) is 5.50. The fourth-order valence-corrected chi connectivity index (χ4v) is 1.30. The normalized spacial score (nSPS) is 11.2. The first-order chi connectivity index (χ1) is 8.28. The summed E-state index contributed by atoms with van der Waals surface area (Å²) >= 11 is 0. The summed E-state index contributed by atoms with van der Waals surface area (Å²) in [5.74, 6) is -0.689. The molecule has 0 radical (unpaired) electrons. The van der Waals surface area contributed by atoms with Crippen molar-refractivity contribution in [3.63, 3.8) is 0 Å². The zero-order valence-electron chi connectivity index (χ0n) is 10.2. The zero-order valence-corrected chi connectivity index (χ0v) is 10.2. The van der Waals surface area contributed by atoms with E-state index in [2.05, 4.69) is 5.32 Å². The highest BCUT2D eigenvalue weighted by atomic mass is 19.4. The van der Waals surface area contributed by atoms with Crippen LogP contribution < -0.4 is 10.6 Å². The number of anilines is 1. The fraction of sp³-hybridized carbons (Fsp3) is 0.417. The molecule has 3 nitrogen and oxygen atoms in total. The van der Waals surface area contributed by atoms with E-state index < -0.39 is 18.6 Å². The molecule has 0 aliphatic rings. The first-order valence-electron chi connectivity index (χ1n) is 5.42. The van der Waals surface area contributed by atoms with Gasteiger partial charge in [0, 0.05) is 5.69 Å². The maximum absolute atomic E-state index is 11.8. The van der Waals surface area contributed by atoms with E-state index in [1.54, 1.807) is 11.4 Å². The highest BCUT2D eigenvalue weighted by molar-refractivity contribution is 5.80. The van der Waals surface area contributed by atoms with E-state index >= 15 is 0 Å². The number of alkyl halides is 3. The molecule has 0 spiro atoms. The van der Waals surface area contributed by atoms with Crippen LogP contribution in [-0.4, -0.2) is 25.2 Å². The second-order valence-electron chi connectivity index (χ2n) is 4.04. The van der Waals surface area contributed by atoms with E-state index in [1.165, 1.54) is 0 Å². The predicted octanol–water partition coefficient (Wildman–Crippen LogP) is 2.39. The molecule has 0 saturated heterocycles. The summed E-state index contributed by atoms with van der Waals surface area (Å²) in [7, 11) is 0. The third-order valence-corrected chi connectivity index (χ3v) is 2.45. The van der Waals surface area contributed by atoms with Gasteiger partial charge in [0.05, 0.1) is 6.54 Å². The zero-order chi connectivity index (χ0) is 13.8. The Bertz CT molecular complexity index is 430. The maximum atomic E-state index is 11.8. The topological polar surface area (TPSA) is 41.1 Å². The van der Waals surface area contributed by atoms with E-state index in [0.717, 1.165) is 11.1 Å². The number of carbonyl (C=O) groups is 1. The van der Waals surface area contributed by atoms with Crippen molar-refractivity contribution in [1.29, 1.82) is 0 Å². The Labute approximate surface area is 103 Å². The lowest BCUT2D eigenvalue weighted by molar-refractivity contribution is -0.137. The average molecular weight is 260 g/mol. The molecule has 0 aliphatic heterocycles. The number of aryl methyl sites for hydroxylation is 2.